The molecule has 2 aromatic heterocycles. The molecule has 2 N–H and O–H groups in total. The van der Waals surface area contributed by atoms with Crippen molar-refractivity contribution in [2.24, 2.45) is 0 Å². The maximum absolute atomic E-state index is 14.4. The summed E-state index contributed by atoms with van der Waals surface area (Å²) in [5.74, 6) is -2.29. The molecule has 2 heterocycles. The Bertz CT molecular complexity index is 1710. The minimum atomic E-state index is -3.86. The van der Waals surface area contributed by atoms with Gasteiger partial charge in [0.1, 0.15) is 5.82 Å². The average Bonchev–Trinajstić information content (AvgIpc) is 3.30. The van der Waals surface area contributed by atoms with Gasteiger partial charge in [-0.05, 0) is 50.2 Å². The molecule has 0 atom stereocenters. The van der Waals surface area contributed by atoms with Gasteiger partial charge in [0, 0.05) is 29.8 Å². The van der Waals surface area contributed by atoms with Gasteiger partial charge in [-0.1, -0.05) is 6.58 Å². The highest BCUT2D eigenvalue weighted by molar-refractivity contribution is 7.95. The highest BCUT2D eigenvalue weighted by Gasteiger charge is 2.20. The van der Waals surface area contributed by atoms with E-state index in [-0.39, 0.29) is 38.9 Å². The molecule has 0 saturated carbocycles. The number of sulfonamides is 1. The van der Waals surface area contributed by atoms with Crippen LogP contribution in [-0.4, -0.2) is 25.4 Å². The molecule has 4 aromatic rings. The summed E-state index contributed by atoms with van der Waals surface area (Å²) < 4.78 is 61.9. The molecule has 0 unspecified atom stereocenters. The van der Waals surface area contributed by atoms with E-state index >= 15 is 0 Å². The van der Waals surface area contributed by atoms with Crippen LogP contribution >= 0.6 is 11.3 Å². The first-order valence-corrected chi connectivity index (χ1v) is 13.3. The Balaban J connectivity index is 1.97. The van der Waals surface area contributed by atoms with E-state index in [9.17, 15) is 26.8 Å². The lowest BCUT2D eigenvalue weighted by Crippen LogP contribution is -2.21. The predicted molar refractivity (Wildman–Crippen MR) is 139 cm³/mol. The van der Waals surface area contributed by atoms with E-state index in [1.165, 1.54) is 30.5 Å². The van der Waals surface area contributed by atoms with Crippen molar-refractivity contribution in [1.29, 1.82) is 0 Å². The zero-order valence-electron chi connectivity index (χ0n) is 19.7. The van der Waals surface area contributed by atoms with E-state index in [1.807, 2.05) is 0 Å². The van der Waals surface area contributed by atoms with Crippen LogP contribution in [0.1, 0.15) is 22.2 Å². The number of nitrogens with zero attached hydrogens (tertiary/aromatic N) is 1. The van der Waals surface area contributed by atoms with E-state index < -0.39 is 21.7 Å². The summed E-state index contributed by atoms with van der Waals surface area (Å²) in [5.41, 5.74) is 0.775. The third-order valence-corrected chi connectivity index (χ3v) is 7.31. The van der Waals surface area contributed by atoms with Crippen LogP contribution in [0.5, 0.6) is 11.5 Å². The van der Waals surface area contributed by atoms with Gasteiger partial charge in [0.25, 0.3) is 15.9 Å². The Morgan fingerprint density at radius 3 is 2.57 bits per heavy atom. The van der Waals surface area contributed by atoms with Crippen LogP contribution in [0.15, 0.2) is 65.4 Å². The first-order valence-electron chi connectivity index (χ1n) is 10.9. The Kier molecular flexibility index (Phi) is 7.14. The summed E-state index contributed by atoms with van der Waals surface area (Å²) in [7, 11) is -3.86. The van der Waals surface area contributed by atoms with Crippen molar-refractivity contribution >= 4 is 43.2 Å². The highest BCUT2D eigenvalue weighted by atomic mass is 32.2. The fourth-order valence-corrected chi connectivity index (χ4v) is 5.13. The number of aromatic nitrogens is 1. The molecule has 0 aliphatic carbocycles. The zero-order chi connectivity index (χ0) is 26.9. The van der Waals surface area contributed by atoms with Crippen LogP contribution in [0.2, 0.25) is 0 Å². The van der Waals surface area contributed by atoms with Crippen molar-refractivity contribution in [3.63, 3.8) is 0 Å². The number of pyridine rings is 1. The standard InChI is InChI=1S/C25H21F2N3O5S2/c1-4-28-25(32)22-12-19-24(36-22)23(31)14(3)13-30(19)18-11-16(29-37(33,34)5-2)7-9-21(18)35-20-8-6-15(26)10-17(20)27/h5-13,29H,2,4H2,1,3H3,(H,28,32). The molecular weight excluding hydrogens is 524 g/mol. The van der Waals surface area contributed by atoms with Gasteiger partial charge in [0.2, 0.25) is 5.43 Å². The number of rotatable bonds is 8. The lowest BCUT2D eigenvalue weighted by Gasteiger charge is -2.17. The molecule has 1 amide bonds. The third kappa shape index (κ3) is 5.39. The van der Waals surface area contributed by atoms with Gasteiger partial charge < -0.3 is 14.6 Å². The first kappa shape index (κ1) is 26.0. The first-order chi connectivity index (χ1) is 17.5. The van der Waals surface area contributed by atoms with Crippen molar-refractivity contribution < 1.29 is 26.7 Å². The predicted octanol–water partition coefficient (Wildman–Crippen LogP) is 5.07. The third-order valence-electron chi connectivity index (χ3n) is 5.23. The number of thiophene rings is 1. The van der Waals surface area contributed by atoms with Crippen molar-refractivity contribution in [2.75, 3.05) is 11.3 Å². The quantitative estimate of drug-likeness (QED) is 0.322. The minimum absolute atomic E-state index is 0.0715. The lowest BCUT2D eigenvalue weighted by atomic mass is 10.2. The fourth-order valence-electron chi connectivity index (χ4n) is 3.52. The zero-order valence-corrected chi connectivity index (χ0v) is 21.3. The number of hydrogen-bond acceptors (Lipinski definition) is 6. The molecule has 37 heavy (non-hydrogen) atoms. The van der Waals surface area contributed by atoms with Crippen molar-refractivity contribution in [2.45, 2.75) is 13.8 Å². The van der Waals surface area contributed by atoms with E-state index in [0.29, 0.717) is 28.6 Å². The van der Waals surface area contributed by atoms with Gasteiger partial charge in [-0.15, -0.1) is 11.3 Å². The molecule has 0 bridgehead atoms. The van der Waals surface area contributed by atoms with Crippen LogP contribution in [-0.2, 0) is 10.0 Å². The number of halogens is 2. The largest absolute Gasteiger partial charge is 0.452 e. The summed E-state index contributed by atoms with van der Waals surface area (Å²) in [6, 6.07) is 8.56. The van der Waals surface area contributed by atoms with Gasteiger partial charge >= 0.3 is 0 Å². The normalized spacial score (nSPS) is 11.4. The topological polar surface area (TPSA) is 106 Å². The Morgan fingerprint density at radius 1 is 1.16 bits per heavy atom. The van der Waals surface area contributed by atoms with E-state index in [0.717, 1.165) is 28.9 Å². The molecule has 192 valence electrons. The van der Waals surface area contributed by atoms with Crippen LogP contribution in [0.3, 0.4) is 0 Å². The molecule has 0 aliphatic rings. The second kappa shape index (κ2) is 10.1. The van der Waals surface area contributed by atoms with Crippen LogP contribution in [0, 0.1) is 18.6 Å². The number of fused-ring (bicyclic) bond motifs is 1. The molecule has 12 heteroatoms. The average molecular weight is 546 g/mol. The fraction of sp³-hybridized carbons (Fsp3) is 0.120. The van der Waals surface area contributed by atoms with E-state index in [2.05, 4.69) is 16.6 Å². The van der Waals surface area contributed by atoms with Crippen LogP contribution < -0.4 is 20.2 Å². The molecule has 8 nitrogen and oxygen atoms in total. The molecule has 0 spiro atoms. The Morgan fingerprint density at radius 2 is 1.89 bits per heavy atom. The molecule has 0 aliphatic heterocycles. The summed E-state index contributed by atoms with van der Waals surface area (Å²) in [6.45, 7) is 7.02. The molecular formula is C25H21F2N3O5S2. The number of hydrogen-bond donors (Lipinski definition) is 2. The molecule has 2 aromatic carbocycles. The number of aryl methyl sites for hydroxylation is 1. The van der Waals surface area contributed by atoms with Gasteiger partial charge in [-0.25, -0.2) is 17.2 Å². The number of nitrogens with one attached hydrogen (secondary N) is 2. The molecule has 0 fully saturated rings. The second-order valence-corrected chi connectivity index (χ2v) is 10.5. The number of benzene rings is 2. The van der Waals surface area contributed by atoms with Crippen LogP contribution in [0.25, 0.3) is 15.9 Å². The number of amides is 1. The van der Waals surface area contributed by atoms with Gasteiger partial charge in [0.05, 0.1) is 26.5 Å². The van der Waals surface area contributed by atoms with Gasteiger partial charge in [-0.3, -0.25) is 14.3 Å². The smallest absolute Gasteiger partial charge is 0.261 e. The number of anilines is 1. The summed E-state index contributed by atoms with van der Waals surface area (Å²) >= 11 is 1.01. The SMILES string of the molecule is C=CS(=O)(=O)Nc1ccc(Oc2ccc(F)cc2F)c(-n2cc(C)c(=O)c3sc(C(=O)NCC)cc32)c1. The van der Waals surface area contributed by atoms with Gasteiger partial charge in [-0.2, -0.15) is 0 Å². The second-order valence-electron chi connectivity index (χ2n) is 7.87. The van der Waals surface area contributed by atoms with Gasteiger partial charge in [0.15, 0.2) is 17.3 Å². The molecule has 4 rings (SSSR count). The van der Waals surface area contributed by atoms with Crippen molar-refractivity contribution in [3.8, 4) is 17.2 Å². The Labute approximate surface area is 214 Å². The highest BCUT2D eigenvalue weighted by Crippen LogP contribution is 2.35. The van der Waals surface area contributed by atoms with Crippen molar-refractivity contribution in [1.82, 2.24) is 9.88 Å². The summed E-state index contributed by atoms with van der Waals surface area (Å²) in [4.78, 5) is 25.7. The van der Waals surface area contributed by atoms with E-state index in [4.69, 9.17) is 4.74 Å². The Hall–Kier alpha value is -4.03. The minimum Gasteiger partial charge on any atom is -0.452 e. The van der Waals surface area contributed by atoms with Crippen molar-refractivity contribution in [3.05, 3.63) is 92.9 Å². The lowest BCUT2D eigenvalue weighted by molar-refractivity contribution is 0.0960. The maximum Gasteiger partial charge on any atom is 0.261 e. The summed E-state index contributed by atoms with van der Waals surface area (Å²) in [6.07, 6.45) is 1.51. The summed E-state index contributed by atoms with van der Waals surface area (Å²) in [5, 5.41) is 3.43. The van der Waals surface area contributed by atoms with E-state index in [1.54, 1.807) is 18.4 Å². The molecule has 0 saturated heterocycles. The maximum atomic E-state index is 14.4. The number of carbonyl (C=O) groups is 1. The number of ether oxygens (including phenoxy) is 1. The van der Waals surface area contributed by atoms with Crippen LogP contribution in [0.4, 0.5) is 14.5 Å². The molecule has 0 radical (unpaired) electrons. The number of carbonyl (C=O) groups excluding carboxylic acids is 1. The monoisotopic (exact) mass is 545 g/mol.